The number of anilines is 1. The summed E-state index contributed by atoms with van der Waals surface area (Å²) in [6, 6.07) is 10.0. The van der Waals surface area contributed by atoms with Crippen LogP contribution in [0.2, 0.25) is 0 Å². The third-order valence-electron chi connectivity index (χ3n) is 5.73. The van der Waals surface area contributed by atoms with Gasteiger partial charge in [-0.2, -0.15) is 0 Å². The van der Waals surface area contributed by atoms with Gasteiger partial charge in [-0.25, -0.2) is 0 Å². The van der Waals surface area contributed by atoms with Crippen molar-refractivity contribution in [2.75, 3.05) is 51.2 Å². The Morgan fingerprint density at radius 3 is 2.71 bits per heavy atom. The van der Waals surface area contributed by atoms with E-state index in [-0.39, 0.29) is 27.3 Å². The van der Waals surface area contributed by atoms with E-state index in [1.807, 2.05) is 12.1 Å². The molecule has 0 unspecified atom stereocenters. The van der Waals surface area contributed by atoms with Gasteiger partial charge in [0, 0.05) is 0 Å². The van der Waals surface area contributed by atoms with E-state index in [0.717, 1.165) is 61.7 Å². The molecule has 2 heterocycles. The molecule has 31 heavy (non-hydrogen) atoms. The van der Waals surface area contributed by atoms with Gasteiger partial charge in [0.1, 0.15) is 0 Å². The van der Waals surface area contributed by atoms with Gasteiger partial charge >= 0.3 is 190 Å². The fourth-order valence-electron chi connectivity index (χ4n) is 4.01. The Morgan fingerprint density at radius 1 is 1.10 bits per heavy atom. The molecule has 0 saturated carbocycles. The Morgan fingerprint density at radius 2 is 1.94 bits per heavy atom. The van der Waals surface area contributed by atoms with Gasteiger partial charge in [-0.15, -0.1) is 0 Å². The summed E-state index contributed by atoms with van der Waals surface area (Å²) in [7, 11) is 0. The van der Waals surface area contributed by atoms with Crippen molar-refractivity contribution < 1.29 is 10.2 Å². The molecule has 1 aromatic heterocycles. The predicted molar refractivity (Wildman–Crippen MR) is 128 cm³/mol. The molecular weight excluding hydrogens is 457 g/mol. The molecule has 2 aromatic carbocycles. The molecule has 166 valence electrons. The molecule has 0 fully saturated rings. The van der Waals surface area contributed by atoms with Crippen LogP contribution in [0.25, 0.3) is 22.2 Å². The summed E-state index contributed by atoms with van der Waals surface area (Å²) in [5.74, 6) is 0.285. The molecule has 0 amide bonds. The van der Waals surface area contributed by atoms with Gasteiger partial charge in [0.15, 0.2) is 0 Å². The Hall–Kier alpha value is -2.09. The summed E-state index contributed by atoms with van der Waals surface area (Å²) < 4.78 is 4.71. The average Bonchev–Trinajstić information content (AvgIpc) is 3.16. The summed E-state index contributed by atoms with van der Waals surface area (Å²) in [6.07, 6.45) is 0. The maximum absolute atomic E-state index is 10.1. The van der Waals surface area contributed by atoms with E-state index in [9.17, 15) is 5.11 Å². The number of aromatic nitrogens is 2. The van der Waals surface area contributed by atoms with E-state index in [1.165, 1.54) is 14.3 Å². The van der Waals surface area contributed by atoms with Gasteiger partial charge in [0.25, 0.3) is 0 Å². The number of hydrogen-bond donors (Lipinski definition) is 4. The molecular formula is C23H31N5O2Se. The number of nitrogens with zero attached hydrogens (tertiary/aromatic N) is 3. The average molecular weight is 488 g/mol. The molecule has 7 nitrogen and oxygen atoms in total. The molecule has 0 saturated heterocycles. The summed E-state index contributed by atoms with van der Waals surface area (Å²) in [6.45, 7) is 10.6. The van der Waals surface area contributed by atoms with Gasteiger partial charge < -0.3 is 0 Å². The van der Waals surface area contributed by atoms with Gasteiger partial charge in [-0.05, 0) is 0 Å². The molecule has 0 spiro atoms. The van der Waals surface area contributed by atoms with Crippen LogP contribution in [0.4, 0.5) is 5.69 Å². The Labute approximate surface area is 189 Å². The number of rotatable bonds is 11. The Kier molecular flexibility index (Phi) is 7.15. The van der Waals surface area contributed by atoms with Gasteiger partial charge in [0.2, 0.25) is 0 Å². The minimum absolute atomic E-state index is 0.128. The standard InChI is InChI=1S/C23H31N5O2Se/c1-3-27(4-2)12-13-28-19-7-6-18(25-10-9-24-11-14-29)23-21(19)22(26-28)17-15-16(30)5-8-20(17)31-23/h5-8,15,24-25,29-30H,3-4,9-14H2,1-2H3. The monoisotopic (exact) mass is 489 g/mol. The molecule has 4 rings (SSSR count). The van der Waals surface area contributed by atoms with Crippen molar-refractivity contribution in [1.82, 2.24) is 20.0 Å². The first kappa shape index (κ1) is 22.1. The minimum atomic E-state index is 0.128. The number of benzene rings is 2. The third-order valence-corrected chi connectivity index (χ3v) is 8.26. The predicted octanol–water partition coefficient (Wildman–Crippen LogP) is 0.713. The number of fused-ring (bicyclic) bond motifs is 2. The molecule has 0 aliphatic carbocycles. The van der Waals surface area contributed by atoms with E-state index in [4.69, 9.17) is 10.2 Å². The summed E-state index contributed by atoms with van der Waals surface area (Å²) in [5, 5.41) is 32.1. The van der Waals surface area contributed by atoms with E-state index in [0.29, 0.717) is 6.54 Å². The van der Waals surface area contributed by atoms with Crippen LogP contribution in [0, 0.1) is 0 Å². The number of aromatic hydroxyl groups is 1. The van der Waals surface area contributed by atoms with Crippen molar-refractivity contribution in [3.05, 3.63) is 30.3 Å². The second kappa shape index (κ2) is 10.0. The summed E-state index contributed by atoms with van der Waals surface area (Å²) >= 11 is 0.128. The molecule has 0 atom stereocenters. The first-order chi connectivity index (χ1) is 15.2. The van der Waals surface area contributed by atoms with E-state index < -0.39 is 0 Å². The fourth-order valence-corrected chi connectivity index (χ4v) is 6.48. The van der Waals surface area contributed by atoms with Gasteiger partial charge in [0.05, 0.1) is 0 Å². The molecule has 4 N–H and O–H groups in total. The topological polar surface area (TPSA) is 85.6 Å². The number of nitrogens with one attached hydrogen (secondary N) is 2. The van der Waals surface area contributed by atoms with E-state index in [2.05, 4.69) is 46.2 Å². The second-order valence-corrected chi connectivity index (χ2v) is 9.83. The summed E-state index contributed by atoms with van der Waals surface area (Å²) in [4.78, 5) is 2.41. The molecule has 1 aliphatic heterocycles. The zero-order chi connectivity index (χ0) is 21.8. The zero-order valence-corrected chi connectivity index (χ0v) is 19.9. The van der Waals surface area contributed by atoms with Crippen molar-refractivity contribution in [2.24, 2.45) is 0 Å². The van der Waals surface area contributed by atoms with Crippen molar-refractivity contribution in [2.45, 2.75) is 20.4 Å². The number of phenolic OH excluding ortho intramolecular Hbond substituents is 1. The molecule has 0 radical (unpaired) electrons. The van der Waals surface area contributed by atoms with Crippen LogP contribution in [0.1, 0.15) is 13.8 Å². The van der Waals surface area contributed by atoms with Crippen LogP contribution < -0.4 is 19.6 Å². The quantitative estimate of drug-likeness (QED) is 0.184. The van der Waals surface area contributed by atoms with Crippen LogP contribution in [-0.2, 0) is 6.54 Å². The normalized spacial score (nSPS) is 12.5. The van der Waals surface area contributed by atoms with Gasteiger partial charge in [-0.3, -0.25) is 0 Å². The molecule has 3 aromatic rings. The fraction of sp³-hybridized carbons (Fsp3) is 0.435. The van der Waals surface area contributed by atoms with E-state index in [1.54, 1.807) is 6.07 Å². The van der Waals surface area contributed by atoms with Gasteiger partial charge in [-0.1, -0.05) is 0 Å². The Bertz CT molecular complexity index is 1050. The van der Waals surface area contributed by atoms with Crippen molar-refractivity contribution in [3.63, 3.8) is 0 Å². The number of likely N-dealkylation sites (N-methyl/N-ethyl adjacent to an activating group) is 1. The first-order valence-corrected chi connectivity index (χ1v) is 12.7. The first-order valence-electron chi connectivity index (χ1n) is 11.0. The van der Waals surface area contributed by atoms with Crippen LogP contribution in [0.15, 0.2) is 30.3 Å². The van der Waals surface area contributed by atoms with Crippen LogP contribution in [0.5, 0.6) is 5.75 Å². The van der Waals surface area contributed by atoms with Crippen molar-refractivity contribution in [3.8, 4) is 17.0 Å². The molecule has 0 bridgehead atoms. The zero-order valence-electron chi connectivity index (χ0n) is 18.2. The number of phenols is 1. The number of aliphatic hydroxyl groups is 1. The molecule has 8 heteroatoms. The maximum atomic E-state index is 10.1. The summed E-state index contributed by atoms with van der Waals surface area (Å²) in [5.41, 5.74) is 4.35. The van der Waals surface area contributed by atoms with Crippen LogP contribution >= 0.6 is 0 Å². The van der Waals surface area contributed by atoms with Crippen molar-refractivity contribution >= 4 is 40.5 Å². The Balaban J connectivity index is 1.71. The molecule has 1 aliphatic rings. The number of hydrogen-bond acceptors (Lipinski definition) is 6. The second-order valence-electron chi connectivity index (χ2n) is 7.62. The van der Waals surface area contributed by atoms with Crippen LogP contribution in [0.3, 0.4) is 0 Å². The van der Waals surface area contributed by atoms with E-state index >= 15 is 0 Å². The van der Waals surface area contributed by atoms with Crippen LogP contribution in [-0.4, -0.2) is 85.7 Å². The number of aliphatic hydroxyl groups excluding tert-OH is 1. The SMILES string of the molecule is CCN(CC)CCn1nc2c3c(c(NCCNCCO)ccc31)[Se]c1ccc(O)cc1-2. The van der Waals surface area contributed by atoms with Crippen molar-refractivity contribution in [1.29, 1.82) is 0 Å². The third kappa shape index (κ3) is 4.59.